The second kappa shape index (κ2) is 8.81. The van der Waals surface area contributed by atoms with Crippen LogP contribution in [0.25, 0.3) is 0 Å². The fourth-order valence-corrected chi connectivity index (χ4v) is 2.74. The number of aryl methyl sites for hydroxylation is 2. The third-order valence-electron chi connectivity index (χ3n) is 3.59. The van der Waals surface area contributed by atoms with Crippen LogP contribution in [0.1, 0.15) is 23.6 Å². The molecule has 24 heavy (non-hydrogen) atoms. The maximum atomic E-state index is 6.29. The number of benzene rings is 2. The van der Waals surface area contributed by atoms with Crippen molar-refractivity contribution in [3.05, 3.63) is 52.0 Å². The zero-order valence-electron chi connectivity index (χ0n) is 14.4. The quantitative estimate of drug-likeness (QED) is 0.723. The van der Waals surface area contributed by atoms with Crippen molar-refractivity contribution in [2.45, 2.75) is 27.3 Å². The average Bonchev–Trinajstić information content (AvgIpc) is 2.55. The largest absolute Gasteiger partial charge is 0.490 e. The maximum absolute atomic E-state index is 6.29. The summed E-state index contributed by atoms with van der Waals surface area (Å²) in [6.07, 6.45) is 0. The van der Waals surface area contributed by atoms with Crippen LogP contribution in [0, 0.1) is 13.8 Å². The molecule has 2 rings (SSSR count). The monoisotopic (exact) mass is 349 g/mol. The van der Waals surface area contributed by atoms with E-state index in [0.29, 0.717) is 42.9 Å². The second-order valence-electron chi connectivity index (χ2n) is 5.46. The van der Waals surface area contributed by atoms with Crippen LogP contribution in [-0.2, 0) is 6.54 Å². The molecule has 0 aromatic heterocycles. The summed E-state index contributed by atoms with van der Waals surface area (Å²) in [6.45, 7) is 7.69. The molecule has 5 heteroatoms. The van der Waals surface area contributed by atoms with E-state index in [4.69, 9.17) is 31.5 Å². The number of ether oxygens (including phenoxy) is 3. The Morgan fingerprint density at radius 3 is 2.17 bits per heavy atom. The summed E-state index contributed by atoms with van der Waals surface area (Å²) in [5, 5.41) is 0.494. The first-order valence-electron chi connectivity index (χ1n) is 8.04. The highest BCUT2D eigenvalue weighted by Crippen LogP contribution is 2.36. The SMILES string of the molecule is CCOc1cc(CN)cc(Cl)c1OCCOc1c(C)cccc1C. The highest BCUT2D eigenvalue weighted by molar-refractivity contribution is 6.32. The summed E-state index contributed by atoms with van der Waals surface area (Å²) in [6, 6.07) is 9.72. The lowest BCUT2D eigenvalue weighted by atomic mass is 10.1. The van der Waals surface area contributed by atoms with Gasteiger partial charge in [-0.2, -0.15) is 0 Å². The van der Waals surface area contributed by atoms with Crippen molar-refractivity contribution in [2.75, 3.05) is 19.8 Å². The number of rotatable bonds is 8. The molecule has 0 aliphatic carbocycles. The minimum Gasteiger partial charge on any atom is -0.490 e. The summed E-state index contributed by atoms with van der Waals surface area (Å²) >= 11 is 6.29. The molecule has 0 unspecified atom stereocenters. The van der Waals surface area contributed by atoms with Gasteiger partial charge in [-0.1, -0.05) is 29.8 Å². The van der Waals surface area contributed by atoms with Gasteiger partial charge in [-0.3, -0.25) is 0 Å². The molecule has 0 aliphatic rings. The molecule has 0 atom stereocenters. The Morgan fingerprint density at radius 2 is 1.58 bits per heavy atom. The van der Waals surface area contributed by atoms with Gasteiger partial charge in [0.1, 0.15) is 19.0 Å². The molecular weight excluding hydrogens is 326 g/mol. The predicted octanol–water partition coefficient (Wildman–Crippen LogP) is 4.27. The van der Waals surface area contributed by atoms with Gasteiger partial charge in [-0.25, -0.2) is 0 Å². The Morgan fingerprint density at radius 1 is 0.958 bits per heavy atom. The first-order chi connectivity index (χ1) is 11.6. The van der Waals surface area contributed by atoms with E-state index in [1.165, 1.54) is 0 Å². The number of hydrogen-bond acceptors (Lipinski definition) is 4. The smallest absolute Gasteiger partial charge is 0.179 e. The van der Waals surface area contributed by atoms with Crippen LogP contribution in [0.5, 0.6) is 17.2 Å². The van der Waals surface area contributed by atoms with Crippen LogP contribution in [0.4, 0.5) is 0 Å². The van der Waals surface area contributed by atoms with E-state index in [2.05, 4.69) is 0 Å². The van der Waals surface area contributed by atoms with Gasteiger partial charge in [-0.05, 0) is 49.6 Å². The third-order valence-corrected chi connectivity index (χ3v) is 3.87. The summed E-state index contributed by atoms with van der Waals surface area (Å²) in [4.78, 5) is 0. The molecule has 130 valence electrons. The third kappa shape index (κ3) is 4.56. The fourth-order valence-electron chi connectivity index (χ4n) is 2.46. The van der Waals surface area contributed by atoms with Crippen LogP contribution < -0.4 is 19.9 Å². The lowest BCUT2D eigenvalue weighted by molar-refractivity contribution is 0.207. The Labute approximate surface area is 148 Å². The van der Waals surface area contributed by atoms with Crippen molar-refractivity contribution in [3.63, 3.8) is 0 Å². The van der Waals surface area contributed by atoms with Crippen molar-refractivity contribution < 1.29 is 14.2 Å². The normalized spacial score (nSPS) is 10.5. The minimum atomic E-state index is 0.371. The topological polar surface area (TPSA) is 53.7 Å². The number of hydrogen-bond donors (Lipinski definition) is 1. The first kappa shape index (κ1) is 18.4. The predicted molar refractivity (Wildman–Crippen MR) is 97.4 cm³/mol. The van der Waals surface area contributed by atoms with Crippen LogP contribution in [0.2, 0.25) is 5.02 Å². The molecular formula is C19H24ClNO3. The van der Waals surface area contributed by atoms with E-state index in [-0.39, 0.29) is 0 Å². The van der Waals surface area contributed by atoms with Gasteiger partial charge < -0.3 is 19.9 Å². The van der Waals surface area contributed by atoms with Gasteiger partial charge in [-0.15, -0.1) is 0 Å². The van der Waals surface area contributed by atoms with Gasteiger partial charge in [0.25, 0.3) is 0 Å². The van der Waals surface area contributed by atoms with Gasteiger partial charge in [0.2, 0.25) is 0 Å². The van der Waals surface area contributed by atoms with E-state index in [0.717, 1.165) is 22.4 Å². The molecule has 0 bridgehead atoms. The van der Waals surface area contributed by atoms with Crippen molar-refractivity contribution >= 4 is 11.6 Å². The second-order valence-corrected chi connectivity index (χ2v) is 5.87. The van der Waals surface area contributed by atoms with Gasteiger partial charge >= 0.3 is 0 Å². The molecule has 0 heterocycles. The number of halogens is 1. The zero-order chi connectivity index (χ0) is 17.5. The summed E-state index contributed by atoms with van der Waals surface area (Å²) < 4.78 is 17.3. The molecule has 4 nitrogen and oxygen atoms in total. The zero-order valence-corrected chi connectivity index (χ0v) is 15.2. The maximum Gasteiger partial charge on any atom is 0.179 e. The van der Waals surface area contributed by atoms with Crippen LogP contribution in [-0.4, -0.2) is 19.8 Å². The van der Waals surface area contributed by atoms with E-state index in [1.54, 1.807) is 6.07 Å². The van der Waals surface area contributed by atoms with Crippen LogP contribution >= 0.6 is 11.6 Å². The lowest BCUT2D eigenvalue weighted by Crippen LogP contribution is -2.11. The average molecular weight is 350 g/mol. The molecule has 2 aromatic rings. The van der Waals surface area contributed by atoms with Crippen molar-refractivity contribution in [1.82, 2.24) is 0 Å². The van der Waals surface area contributed by atoms with Crippen LogP contribution in [0.15, 0.2) is 30.3 Å². The highest BCUT2D eigenvalue weighted by Gasteiger charge is 2.12. The number of nitrogens with two attached hydrogens (primary N) is 1. The van der Waals surface area contributed by atoms with Crippen molar-refractivity contribution in [1.29, 1.82) is 0 Å². The van der Waals surface area contributed by atoms with Gasteiger partial charge in [0.15, 0.2) is 11.5 Å². The van der Waals surface area contributed by atoms with Crippen LogP contribution in [0.3, 0.4) is 0 Å². The van der Waals surface area contributed by atoms with E-state index in [1.807, 2.05) is 45.0 Å². The van der Waals surface area contributed by atoms with Crippen molar-refractivity contribution in [3.8, 4) is 17.2 Å². The fraction of sp³-hybridized carbons (Fsp3) is 0.368. The molecule has 0 fully saturated rings. The Hall–Kier alpha value is -1.91. The van der Waals surface area contributed by atoms with Crippen molar-refractivity contribution in [2.24, 2.45) is 5.73 Å². The first-order valence-corrected chi connectivity index (χ1v) is 8.41. The molecule has 0 aliphatic heterocycles. The Balaban J connectivity index is 2.01. The van der Waals surface area contributed by atoms with E-state index in [9.17, 15) is 0 Å². The Bertz CT molecular complexity index is 668. The summed E-state index contributed by atoms with van der Waals surface area (Å²) in [5.74, 6) is 2.04. The Kier molecular flexibility index (Phi) is 6.76. The summed E-state index contributed by atoms with van der Waals surface area (Å²) in [7, 11) is 0. The molecule has 0 saturated heterocycles. The molecule has 0 radical (unpaired) electrons. The highest BCUT2D eigenvalue weighted by atomic mass is 35.5. The summed E-state index contributed by atoms with van der Waals surface area (Å²) in [5.41, 5.74) is 8.79. The molecule has 2 N–H and O–H groups in total. The standard InChI is InChI=1S/C19H24ClNO3/c1-4-22-17-11-15(12-21)10-16(20)19(17)24-9-8-23-18-13(2)6-5-7-14(18)3/h5-7,10-11H,4,8-9,12,21H2,1-3H3. The molecule has 0 saturated carbocycles. The van der Waals surface area contributed by atoms with E-state index < -0.39 is 0 Å². The lowest BCUT2D eigenvalue weighted by Gasteiger charge is -2.16. The van der Waals surface area contributed by atoms with E-state index >= 15 is 0 Å². The number of para-hydroxylation sites is 1. The molecule has 0 amide bonds. The van der Waals surface area contributed by atoms with Gasteiger partial charge in [0.05, 0.1) is 11.6 Å². The molecule has 0 spiro atoms. The minimum absolute atomic E-state index is 0.371. The van der Waals surface area contributed by atoms with Gasteiger partial charge in [0, 0.05) is 6.54 Å². The molecule has 2 aromatic carbocycles.